The van der Waals surface area contributed by atoms with Crippen molar-refractivity contribution in [2.24, 2.45) is 4.99 Å². The van der Waals surface area contributed by atoms with Gasteiger partial charge in [0.25, 0.3) is 0 Å². The van der Waals surface area contributed by atoms with E-state index in [2.05, 4.69) is 47.0 Å². The lowest BCUT2D eigenvalue weighted by molar-refractivity contribution is 0.392. The molecule has 0 amide bonds. The van der Waals surface area contributed by atoms with Crippen molar-refractivity contribution in [1.29, 1.82) is 0 Å². The van der Waals surface area contributed by atoms with Gasteiger partial charge in [-0.2, -0.15) is 0 Å². The number of benzene rings is 2. The number of hydrogen-bond acceptors (Lipinski definition) is 3. The van der Waals surface area contributed by atoms with Gasteiger partial charge >= 0.3 is 0 Å². The lowest BCUT2D eigenvalue weighted by Crippen LogP contribution is -2.32. The van der Waals surface area contributed by atoms with Gasteiger partial charge in [-0.3, -0.25) is 0 Å². The van der Waals surface area contributed by atoms with Crippen molar-refractivity contribution < 1.29 is 4.52 Å². The fourth-order valence-electron chi connectivity index (χ4n) is 2.99. The van der Waals surface area contributed by atoms with E-state index in [0.717, 1.165) is 42.5 Å². The van der Waals surface area contributed by atoms with Gasteiger partial charge in [-0.25, -0.2) is 4.99 Å². The van der Waals surface area contributed by atoms with Crippen molar-refractivity contribution >= 4 is 35.6 Å². The Hall–Kier alpha value is -2.35. The maximum Gasteiger partial charge on any atom is 0.196 e. The highest BCUT2D eigenvalue weighted by Crippen LogP contribution is 2.14. The first-order chi connectivity index (χ1) is 13.6. The van der Waals surface area contributed by atoms with E-state index in [0.29, 0.717) is 6.54 Å². The Balaban J connectivity index is 0.00000300. The number of guanidine groups is 1. The second-order valence-corrected chi connectivity index (χ2v) is 6.97. The van der Waals surface area contributed by atoms with Gasteiger partial charge in [0.05, 0.1) is 12.2 Å². The number of halogens is 1. The summed E-state index contributed by atoms with van der Waals surface area (Å²) in [6.07, 6.45) is 1.91. The van der Waals surface area contributed by atoms with Gasteiger partial charge < -0.3 is 15.2 Å². The van der Waals surface area contributed by atoms with Gasteiger partial charge in [-0.15, -0.1) is 24.0 Å². The van der Waals surface area contributed by atoms with E-state index in [1.807, 2.05) is 44.2 Å². The molecule has 0 saturated carbocycles. The standard InChI is InChI=1S/C23H28N4O.HI/c1-17-11-13-20(14-12-17)16-25-23(26-21-8-5-4-6-9-21)24-15-7-10-22-18(2)27-28-19(22)3;/h4-6,8-9,11-14H,7,10,15-16H2,1-3H3,(H2,24,25,26);1H. The van der Waals surface area contributed by atoms with Gasteiger partial charge in [0.1, 0.15) is 5.76 Å². The van der Waals surface area contributed by atoms with Gasteiger partial charge in [0, 0.05) is 17.8 Å². The molecule has 2 N–H and O–H groups in total. The van der Waals surface area contributed by atoms with Gasteiger partial charge in [0.2, 0.25) is 0 Å². The van der Waals surface area contributed by atoms with Crippen LogP contribution in [0.2, 0.25) is 0 Å². The van der Waals surface area contributed by atoms with E-state index in [1.54, 1.807) is 0 Å². The Morgan fingerprint density at radius 1 is 1.00 bits per heavy atom. The molecule has 0 aliphatic rings. The highest BCUT2D eigenvalue weighted by molar-refractivity contribution is 14.0. The van der Waals surface area contributed by atoms with Crippen LogP contribution in [0.4, 0.5) is 5.69 Å². The Bertz CT molecular complexity index is 885. The molecule has 29 heavy (non-hydrogen) atoms. The predicted molar refractivity (Wildman–Crippen MR) is 130 cm³/mol. The summed E-state index contributed by atoms with van der Waals surface area (Å²) in [7, 11) is 0. The second kappa shape index (κ2) is 11.6. The van der Waals surface area contributed by atoms with Gasteiger partial charge in [-0.05, 0) is 51.3 Å². The highest BCUT2D eigenvalue weighted by atomic mass is 127. The number of para-hydroxylation sites is 1. The molecule has 6 heteroatoms. The van der Waals surface area contributed by atoms with Crippen molar-refractivity contribution in [3.63, 3.8) is 0 Å². The largest absolute Gasteiger partial charge is 0.361 e. The van der Waals surface area contributed by atoms with Crippen LogP contribution in [-0.2, 0) is 13.0 Å². The van der Waals surface area contributed by atoms with Crippen molar-refractivity contribution in [3.05, 3.63) is 82.7 Å². The zero-order chi connectivity index (χ0) is 19.8. The monoisotopic (exact) mass is 504 g/mol. The van der Waals surface area contributed by atoms with E-state index in [1.165, 1.54) is 16.7 Å². The molecule has 3 rings (SSSR count). The fraction of sp³-hybridized carbons (Fsp3) is 0.304. The normalized spacial score (nSPS) is 11.1. The minimum Gasteiger partial charge on any atom is -0.361 e. The third kappa shape index (κ3) is 7.20. The third-order valence-corrected chi connectivity index (χ3v) is 4.65. The molecule has 0 radical (unpaired) electrons. The molecule has 1 heterocycles. The summed E-state index contributed by atoms with van der Waals surface area (Å²) in [6, 6.07) is 18.6. The van der Waals surface area contributed by atoms with Crippen LogP contribution < -0.4 is 10.6 Å². The summed E-state index contributed by atoms with van der Waals surface area (Å²) < 4.78 is 5.24. The van der Waals surface area contributed by atoms with E-state index in [-0.39, 0.29) is 24.0 Å². The molecule has 0 aliphatic heterocycles. The smallest absolute Gasteiger partial charge is 0.196 e. The SMILES string of the molecule is Cc1ccc(CN=C(NCCCc2c(C)noc2C)Nc2ccccc2)cc1.I. The molecule has 154 valence electrons. The average molecular weight is 504 g/mol. The number of aliphatic imine (C=N–C) groups is 1. The first-order valence-electron chi connectivity index (χ1n) is 9.69. The van der Waals surface area contributed by atoms with Crippen LogP contribution in [0.5, 0.6) is 0 Å². The summed E-state index contributed by atoms with van der Waals surface area (Å²) in [5.74, 6) is 1.69. The zero-order valence-electron chi connectivity index (χ0n) is 17.2. The Kier molecular flexibility index (Phi) is 9.18. The average Bonchev–Trinajstić information content (AvgIpc) is 3.03. The van der Waals surface area contributed by atoms with E-state index in [4.69, 9.17) is 9.52 Å². The minimum atomic E-state index is 0. The second-order valence-electron chi connectivity index (χ2n) is 6.97. The molecule has 0 spiro atoms. The Labute approximate surface area is 190 Å². The van der Waals surface area contributed by atoms with Crippen LogP contribution in [0, 0.1) is 20.8 Å². The highest BCUT2D eigenvalue weighted by Gasteiger charge is 2.08. The number of rotatable bonds is 7. The summed E-state index contributed by atoms with van der Waals surface area (Å²) in [5.41, 5.74) is 5.65. The fourth-order valence-corrected chi connectivity index (χ4v) is 2.99. The van der Waals surface area contributed by atoms with Crippen molar-refractivity contribution in [2.45, 2.75) is 40.2 Å². The number of nitrogens with one attached hydrogen (secondary N) is 2. The van der Waals surface area contributed by atoms with Crippen molar-refractivity contribution in [3.8, 4) is 0 Å². The lowest BCUT2D eigenvalue weighted by Gasteiger charge is -2.13. The first kappa shape index (κ1) is 22.9. The number of anilines is 1. The molecule has 3 aromatic rings. The number of aromatic nitrogens is 1. The van der Waals surface area contributed by atoms with Gasteiger partial charge in [-0.1, -0.05) is 53.2 Å². The number of nitrogens with zero attached hydrogens (tertiary/aromatic N) is 2. The first-order valence-corrected chi connectivity index (χ1v) is 9.69. The van der Waals surface area contributed by atoms with Crippen LogP contribution in [0.25, 0.3) is 0 Å². The van der Waals surface area contributed by atoms with Crippen LogP contribution in [0.15, 0.2) is 64.1 Å². The molecular weight excluding hydrogens is 475 g/mol. The van der Waals surface area contributed by atoms with Crippen molar-refractivity contribution in [2.75, 3.05) is 11.9 Å². The molecule has 0 aliphatic carbocycles. The number of aryl methyl sites for hydroxylation is 3. The Morgan fingerprint density at radius 3 is 2.38 bits per heavy atom. The van der Waals surface area contributed by atoms with Crippen LogP contribution in [0.1, 0.15) is 34.6 Å². The Morgan fingerprint density at radius 2 is 1.72 bits per heavy atom. The molecule has 1 aromatic heterocycles. The molecule has 0 fully saturated rings. The molecular formula is C23H29IN4O. The minimum absolute atomic E-state index is 0. The molecule has 0 saturated heterocycles. The number of hydrogen-bond donors (Lipinski definition) is 2. The maximum absolute atomic E-state index is 5.24. The molecule has 0 atom stereocenters. The molecule has 2 aromatic carbocycles. The summed E-state index contributed by atoms with van der Waals surface area (Å²) in [5, 5.41) is 10.8. The molecule has 0 bridgehead atoms. The topological polar surface area (TPSA) is 62.5 Å². The summed E-state index contributed by atoms with van der Waals surface area (Å²) >= 11 is 0. The zero-order valence-corrected chi connectivity index (χ0v) is 19.6. The molecule has 5 nitrogen and oxygen atoms in total. The van der Waals surface area contributed by atoms with Crippen LogP contribution in [-0.4, -0.2) is 17.7 Å². The van der Waals surface area contributed by atoms with E-state index < -0.39 is 0 Å². The van der Waals surface area contributed by atoms with E-state index >= 15 is 0 Å². The lowest BCUT2D eigenvalue weighted by atomic mass is 10.1. The molecule has 0 unspecified atom stereocenters. The predicted octanol–water partition coefficient (Wildman–Crippen LogP) is 5.41. The van der Waals surface area contributed by atoms with Crippen LogP contribution in [0.3, 0.4) is 0 Å². The third-order valence-electron chi connectivity index (χ3n) is 4.65. The van der Waals surface area contributed by atoms with Gasteiger partial charge in [0.15, 0.2) is 5.96 Å². The van der Waals surface area contributed by atoms with E-state index in [9.17, 15) is 0 Å². The van der Waals surface area contributed by atoms with Crippen LogP contribution >= 0.6 is 24.0 Å². The summed E-state index contributed by atoms with van der Waals surface area (Å²) in [6.45, 7) is 7.50. The van der Waals surface area contributed by atoms with Crippen molar-refractivity contribution in [1.82, 2.24) is 10.5 Å². The maximum atomic E-state index is 5.24. The quantitative estimate of drug-likeness (QED) is 0.196. The summed E-state index contributed by atoms with van der Waals surface area (Å²) in [4.78, 5) is 4.75.